The number of hydrogen-bond acceptors (Lipinski definition) is 0. The van der Waals surface area contributed by atoms with Crippen molar-refractivity contribution < 1.29 is 0 Å². The zero-order chi connectivity index (χ0) is 27.3. The van der Waals surface area contributed by atoms with E-state index in [1.807, 2.05) is 0 Å². The highest BCUT2D eigenvalue weighted by Gasteiger charge is 2.14. The molecule has 0 fully saturated rings. The van der Waals surface area contributed by atoms with Gasteiger partial charge in [-0.2, -0.15) is 0 Å². The molecule has 0 aliphatic heterocycles. The van der Waals surface area contributed by atoms with Crippen molar-refractivity contribution in [1.82, 2.24) is 0 Å². The fourth-order valence-electron chi connectivity index (χ4n) is 6.67. The van der Waals surface area contributed by atoms with Gasteiger partial charge in [0, 0.05) is 0 Å². The van der Waals surface area contributed by atoms with E-state index in [4.69, 9.17) is 0 Å². The SMILES string of the molecule is Cc1c2ccccc2c(-c2ccc3cccc(-c4cccc(-c5cccc6ccccc56)c4)c3c2)c2ccccc12. The van der Waals surface area contributed by atoms with E-state index in [1.54, 1.807) is 0 Å². The van der Waals surface area contributed by atoms with Crippen LogP contribution in [0.3, 0.4) is 0 Å². The Balaban J connectivity index is 1.36. The molecule has 0 amide bonds. The summed E-state index contributed by atoms with van der Waals surface area (Å²) in [5, 5.41) is 10.3. The standard InChI is InChI=1S/C41H28/c1-27-33-16-4-6-19-38(33)41(39-20-7-5-17-34(27)39)32-24-23-29-13-10-22-37(40(29)26-32)31-15-8-14-30(25-31)36-21-9-12-28-11-2-3-18-35(28)36/h2-26H,1H3. The molecule has 0 aromatic heterocycles. The second-order valence-corrected chi connectivity index (χ2v) is 10.9. The fourth-order valence-corrected chi connectivity index (χ4v) is 6.67. The van der Waals surface area contributed by atoms with Gasteiger partial charge in [-0.25, -0.2) is 0 Å². The Labute approximate surface area is 240 Å². The van der Waals surface area contributed by atoms with E-state index in [0.29, 0.717) is 0 Å². The Bertz CT molecular complexity index is 2210. The Morgan fingerprint density at radius 3 is 1.46 bits per heavy atom. The smallest absolute Gasteiger partial charge is 0.00264 e. The van der Waals surface area contributed by atoms with Gasteiger partial charge in [0.1, 0.15) is 0 Å². The Morgan fingerprint density at radius 2 is 0.805 bits per heavy atom. The van der Waals surface area contributed by atoms with Crippen molar-refractivity contribution in [3.05, 3.63) is 157 Å². The minimum absolute atomic E-state index is 1.23. The van der Waals surface area contributed by atoms with Crippen LogP contribution >= 0.6 is 0 Å². The molecule has 0 saturated carbocycles. The molecule has 8 aromatic rings. The Hall–Kier alpha value is -5.20. The van der Waals surface area contributed by atoms with E-state index in [-0.39, 0.29) is 0 Å². The molecule has 8 rings (SSSR count). The maximum atomic E-state index is 2.40. The summed E-state index contributed by atoms with van der Waals surface area (Å²) in [5.41, 5.74) is 8.90. The first kappa shape index (κ1) is 23.7. The maximum absolute atomic E-state index is 2.40. The Kier molecular flexibility index (Phi) is 5.47. The number of rotatable bonds is 3. The predicted molar refractivity (Wildman–Crippen MR) is 178 cm³/mol. The lowest BCUT2D eigenvalue weighted by atomic mass is 9.87. The van der Waals surface area contributed by atoms with Crippen LogP contribution in [-0.2, 0) is 0 Å². The van der Waals surface area contributed by atoms with Crippen molar-refractivity contribution in [2.24, 2.45) is 0 Å². The average Bonchev–Trinajstić information content (AvgIpc) is 3.04. The molecule has 0 nitrogen and oxygen atoms in total. The number of aryl methyl sites for hydroxylation is 1. The van der Waals surface area contributed by atoms with Crippen LogP contribution < -0.4 is 0 Å². The molecular formula is C41H28. The maximum Gasteiger partial charge on any atom is -0.00264 e. The molecule has 0 unspecified atom stereocenters. The highest BCUT2D eigenvalue weighted by Crippen LogP contribution is 2.41. The van der Waals surface area contributed by atoms with Crippen LogP contribution in [0.5, 0.6) is 0 Å². The van der Waals surface area contributed by atoms with Crippen molar-refractivity contribution in [2.75, 3.05) is 0 Å². The highest BCUT2D eigenvalue weighted by molar-refractivity contribution is 6.16. The van der Waals surface area contributed by atoms with Crippen molar-refractivity contribution in [1.29, 1.82) is 0 Å². The molecule has 0 N–H and O–H groups in total. The molecule has 0 aliphatic rings. The third kappa shape index (κ3) is 3.84. The fraction of sp³-hybridized carbons (Fsp3) is 0.0244. The van der Waals surface area contributed by atoms with E-state index in [9.17, 15) is 0 Å². The molecule has 0 atom stereocenters. The van der Waals surface area contributed by atoms with Gasteiger partial charge in [-0.3, -0.25) is 0 Å². The van der Waals surface area contributed by atoms with Gasteiger partial charge in [0.2, 0.25) is 0 Å². The van der Waals surface area contributed by atoms with Crippen molar-refractivity contribution in [3.8, 4) is 33.4 Å². The second-order valence-electron chi connectivity index (χ2n) is 10.9. The summed E-state index contributed by atoms with van der Waals surface area (Å²) in [5.74, 6) is 0. The van der Waals surface area contributed by atoms with Gasteiger partial charge in [0.05, 0.1) is 0 Å². The highest BCUT2D eigenvalue weighted by atomic mass is 14.2. The van der Waals surface area contributed by atoms with Gasteiger partial charge in [-0.15, -0.1) is 0 Å². The van der Waals surface area contributed by atoms with Crippen molar-refractivity contribution in [3.63, 3.8) is 0 Å². The first-order valence-electron chi connectivity index (χ1n) is 14.3. The zero-order valence-corrected chi connectivity index (χ0v) is 22.9. The molecule has 8 aromatic carbocycles. The Morgan fingerprint density at radius 1 is 0.317 bits per heavy atom. The minimum Gasteiger partial charge on any atom is -0.0616 e. The molecule has 0 heterocycles. The molecule has 0 aliphatic carbocycles. The first-order chi connectivity index (χ1) is 20.3. The van der Waals surface area contributed by atoms with Gasteiger partial charge in [0.25, 0.3) is 0 Å². The first-order valence-corrected chi connectivity index (χ1v) is 14.3. The molecule has 192 valence electrons. The summed E-state index contributed by atoms with van der Waals surface area (Å²) in [7, 11) is 0. The average molecular weight is 521 g/mol. The lowest BCUT2D eigenvalue weighted by Gasteiger charge is -2.16. The second kappa shape index (κ2) is 9.47. The lowest BCUT2D eigenvalue weighted by Crippen LogP contribution is -1.90. The molecule has 0 bridgehead atoms. The molecule has 0 heteroatoms. The summed E-state index contributed by atoms with van der Waals surface area (Å²) < 4.78 is 0. The summed E-state index contributed by atoms with van der Waals surface area (Å²) in [6.07, 6.45) is 0. The number of fused-ring (bicyclic) bond motifs is 4. The summed E-state index contributed by atoms with van der Waals surface area (Å²) in [4.78, 5) is 0. The van der Waals surface area contributed by atoms with Gasteiger partial charge in [0.15, 0.2) is 0 Å². The van der Waals surface area contributed by atoms with Crippen molar-refractivity contribution >= 4 is 43.1 Å². The molecule has 0 spiro atoms. The van der Waals surface area contributed by atoms with Crippen LogP contribution in [0.2, 0.25) is 0 Å². The van der Waals surface area contributed by atoms with E-state index in [1.165, 1.54) is 82.0 Å². The van der Waals surface area contributed by atoms with Crippen molar-refractivity contribution in [2.45, 2.75) is 6.92 Å². The quantitative estimate of drug-likeness (QED) is 0.203. The molecular weight excluding hydrogens is 492 g/mol. The van der Waals surface area contributed by atoms with Crippen LogP contribution in [-0.4, -0.2) is 0 Å². The van der Waals surface area contributed by atoms with Gasteiger partial charge in [-0.05, 0) is 101 Å². The van der Waals surface area contributed by atoms with Crippen LogP contribution in [0, 0.1) is 6.92 Å². The largest absolute Gasteiger partial charge is 0.0616 e. The predicted octanol–water partition coefficient (Wildman–Crippen LogP) is 11.6. The third-order valence-corrected chi connectivity index (χ3v) is 8.65. The van der Waals surface area contributed by atoms with E-state index in [0.717, 1.165) is 0 Å². The van der Waals surface area contributed by atoms with E-state index < -0.39 is 0 Å². The van der Waals surface area contributed by atoms with Crippen LogP contribution in [0.1, 0.15) is 5.56 Å². The molecule has 0 radical (unpaired) electrons. The third-order valence-electron chi connectivity index (χ3n) is 8.65. The molecule has 41 heavy (non-hydrogen) atoms. The monoisotopic (exact) mass is 520 g/mol. The van der Waals surface area contributed by atoms with Crippen LogP contribution in [0.15, 0.2) is 152 Å². The van der Waals surface area contributed by atoms with Crippen LogP contribution in [0.4, 0.5) is 0 Å². The molecule has 0 saturated heterocycles. The minimum atomic E-state index is 1.23. The van der Waals surface area contributed by atoms with Gasteiger partial charge in [-0.1, -0.05) is 140 Å². The van der Waals surface area contributed by atoms with Gasteiger partial charge >= 0.3 is 0 Å². The lowest BCUT2D eigenvalue weighted by molar-refractivity contribution is 1.58. The number of benzene rings is 8. The van der Waals surface area contributed by atoms with Crippen LogP contribution in [0.25, 0.3) is 76.5 Å². The topological polar surface area (TPSA) is 0 Å². The summed E-state index contributed by atoms with van der Waals surface area (Å²) in [6, 6.07) is 55.5. The van der Waals surface area contributed by atoms with E-state index >= 15 is 0 Å². The zero-order valence-electron chi connectivity index (χ0n) is 22.9. The van der Waals surface area contributed by atoms with Gasteiger partial charge < -0.3 is 0 Å². The normalized spacial score (nSPS) is 11.5. The van der Waals surface area contributed by atoms with E-state index in [2.05, 4.69) is 159 Å². The number of hydrogen-bond donors (Lipinski definition) is 0. The summed E-state index contributed by atoms with van der Waals surface area (Å²) in [6.45, 7) is 2.25. The summed E-state index contributed by atoms with van der Waals surface area (Å²) >= 11 is 0.